The number of nitrogens with one attached hydrogen (secondary N) is 1. The molecule has 1 rings (SSSR count). The summed E-state index contributed by atoms with van der Waals surface area (Å²) in [5.74, 6) is -1.06. The average molecular weight is 156 g/mol. The number of aromatic nitrogens is 2. The minimum atomic E-state index is -1.06. The van der Waals surface area contributed by atoms with Crippen molar-refractivity contribution in [2.24, 2.45) is 0 Å². The van der Waals surface area contributed by atoms with E-state index in [-0.39, 0.29) is 10.2 Å². The molecule has 4 nitrogen and oxygen atoms in total. The predicted molar refractivity (Wildman–Crippen MR) is 36.4 cm³/mol. The Hall–Kier alpha value is -1.23. The smallest absolute Gasteiger partial charge is 0.340 e. The molecule has 1 heterocycles. The van der Waals surface area contributed by atoms with E-state index < -0.39 is 5.97 Å². The third-order valence-electron chi connectivity index (χ3n) is 0.949. The molecule has 0 spiro atoms. The molecule has 0 aliphatic heterocycles. The Bertz CT molecular complexity index is 307. The number of carbonyl (C=O) groups is 1. The van der Waals surface area contributed by atoms with Gasteiger partial charge in [0.25, 0.3) is 0 Å². The SMILES string of the molecule is O=C(O)c1cnc[nH]c1=S. The number of aromatic carboxylic acids is 1. The van der Waals surface area contributed by atoms with Crippen molar-refractivity contribution in [2.75, 3.05) is 0 Å². The summed E-state index contributed by atoms with van der Waals surface area (Å²) in [5.41, 5.74) is 0.0255. The minimum absolute atomic E-state index is 0.0255. The molecule has 0 aromatic carbocycles. The Morgan fingerprint density at radius 3 is 2.90 bits per heavy atom. The Kier molecular flexibility index (Phi) is 1.77. The lowest BCUT2D eigenvalue weighted by atomic mass is 10.4. The van der Waals surface area contributed by atoms with E-state index in [1.54, 1.807) is 0 Å². The minimum Gasteiger partial charge on any atom is -0.478 e. The van der Waals surface area contributed by atoms with Crippen LogP contribution in [-0.2, 0) is 0 Å². The van der Waals surface area contributed by atoms with Crippen molar-refractivity contribution in [2.45, 2.75) is 0 Å². The summed E-state index contributed by atoms with van der Waals surface area (Å²) < 4.78 is 0.197. The Morgan fingerprint density at radius 2 is 2.50 bits per heavy atom. The molecule has 1 aromatic rings. The van der Waals surface area contributed by atoms with Crippen LogP contribution in [0.5, 0.6) is 0 Å². The molecule has 52 valence electrons. The fourth-order valence-corrected chi connectivity index (χ4v) is 0.689. The Labute approximate surface area is 61.6 Å². The van der Waals surface area contributed by atoms with E-state index in [1.165, 1.54) is 12.5 Å². The van der Waals surface area contributed by atoms with Crippen LogP contribution >= 0.6 is 12.2 Å². The molecular formula is C5H4N2O2S. The summed E-state index contributed by atoms with van der Waals surface area (Å²) in [6, 6.07) is 0. The molecule has 0 atom stereocenters. The zero-order valence-electron chi connectivity index (χ0n) is 4.87. The quantitative estimate of drug-likeness (QED) is 0.591. The third-order valence-corrected chi connectivity index (χ3v) is 1.29. The number of rotatable bonds is 1. The van der Waals surface area contributed by atoms with E-state index in [4.69, 9.17) is 5.11 Å². The lowest BCUT2D eigenvalue weighted by Crippen LogP contribution is -1.98. The van der Waals surface area contributed by atoms with Gasteiger partial charge in [-0.3, -0.25) is 0 Å². The lowest BCUT2D eigenvalue weighted by molar-refractivity contribution is 0.0695. The number of carboxylic acid groups (broad SMARTS) is 1. The first-order chi connectivity index (χ1) is 4.72. The zero-order valence-corrected chi connectivity index (χ0v) is 5.68. The molecule has 1 aromatic heterocycles. The maximum atomic E-state index is 10.3. The fourth-order valence-electron chi connectivity index (χ4n) is 0.496. The maximum absolute atomic E-state index is 10.3. The Morgan fingerprint density at radius 1 is 1.80 bits per heavy atom. The first kappa shape index (κ1) is 6.88. The summed E-state index contributed by atoms with van der Waals surface area (Å²) >= 11 is 4.65. The molecule has 10 heavy (non-hydrogen) atoms. The third kappa shape index (κ3) is 1.19. The maximum Gasteiger partial charge on any atom is 0.340 e. The number of carboxylic acids is 1. The van der Waals surface area contributed by atoms with Crippen LogP contribution in [0.3, 0.4) is 0 Å². The topological polar surface area (TPSA) is 66.0 Å². The van der Waals surface area contributed by atoms with E-state index >= 15 is 0 Å². The van der Waals surface area contributed by atoms with Gasteiger partial charge in [-0.2, -0.15) is 0 Å². The number of hydrogen-bond acceptors (Lipinski definition) is 3. The highest BCUT2D eigenvalue weighted by Crippen LogP contribution is 1.95. The molecule has 0 fully saturated rings. The van der Waals surface area contributed by atoms with Crippen molar-refractivity contribution < 1.29 is 9.90 Å². The summed E-state index contributed by atoms with van der Waals surface area (Å²) in [7, 11) is 0. The molecule has 0 saturated heterocycles. The van der Waals surface area contributed by atoms with Crippen LogP contribution < -0.4 is 0 Å². The lowest BCUT2D eigenvalue weighted by Gasteiger charge is -1.89. The van der Waals surface area contributed by atoms with Crippen LogP contribution in [-0.4, -0.2) is 21.0 Å². The van der Waals surface area contributed by atoms with Gasteiger partial charge >= 0.3 is 5.97 Å². The van der Waals surface area contributed by atoms with Crippen molar-refractivity contribution in [1.29, 1.82) is 0 Å². The molecule has 5 heteroatoms. The summed E-state index contributed by atoms with van der Waals surface area (Å²) in [5, 5.41) is 8.44. The number of nitrogens with zero attached hydrogens (tertiary/aromatic N) is 1. The largest absolute Gasteiger partial charge is 0.478 e. The zero-order chi connectivity index (χ0) is 7.56. The Balaban J connectivity index is 3.29. The van der Waals surface area contributed by atoms with Crippen LogP contribution in [0.25, 0.3) is 0 Å². The highest BCUT2D eigenvalue weighted by Gasteiger charge is 2.02. The van der Waals surface area contributed by atoms with Gasteiger partial charge in [-0.05, 0) is 0 Å². The van der Waals surface area contributed by atoms with Crippen molar-refractivity contribution in [3.8, 4) is 0 Å². The first-order valence-electron chi connectivity index (χ1n) is 2.48. The number of H-pyrrole nitrogens is 1. The van der Waals surface area contributed by atoms with Crippen molar-refractivity contribution in [1.82, 2.24) is 9.97 Å². The van der Waals surface area contributed by atoms with Gasteiger partial charge < -0.3 is 10.1 Å². The number of aromatic amines is 1. The van der Waals surface area contributed by atoms with Gasteiger partial charge in [0.1, 0.15) is 10.2 Å². The second-order valence-corrected chi connectivity index (χ2v) is 2.01. The molecule has 0 amide bonds. The van der Waals surface area contributed by atoms with Crippen LogP contribution in [0.15, 0.2) is 12.5 Å². The van der Waals surface area contributed by atoms with Gasteiger partial charge in [0, 0.05) is 6.20 Å². The second-order valence-electron chi connectivity index (χ2n) is 1.60. The van der Waals surface area contributed by atoms with E-state index in [0.29, 0.717) is 0 Å². The van der Waals surface area contributed by atoms with Gasteiger partial charge in [-0.25, -0.2) is 9.78 Å². The average Bonchev–Trinajstić information content (AvgIpc) is 1.88. The molecule has 0 saturated carbocycles. The predicted octanol–water partition coefficient (Wildman–Crippen LogP) is 0.837. The molecule has 0 aliphatic rings. The van der Waals surface area contributed by atoms with Gasteiger partial charge in [0.2, 0.25) is 0 Å². The van der Waals surface area contributed by atoms with E-state index in [1.807, 2.05) is 0 Å². The van der Waals surface area contributed by atoms with Gasteiger partial charge in [-0.1, -0.05) is 12.2 Å². The summed E-state index contributed by atoms with van der Waals surface area (Å²) in [6.07, 6.45) is 2.55. The molecule has 0 bridgehead atoms. The number of hydrogen-bond donors (Lipinski definition) is 2. The van der Waals surface area contributed by atoms with Crippen LogP contribution in [0.1, 0.15) is 10.4 Å². The van der Waals surface area contributed by atoms with Crippen LogP contribution in [0.2, 0.25) is 0 Å². The van der Waals surface area contributed by atoms with E-state index in [2.05, 4.69) is 22.2 Å². The fraction of sp³-hybridized carbons (Fsp3) is 0. The van der Waals surface area contributed by atoms with Crippen LogP contribution in [0, 0.1) is 4.64 Å². The van der Waals surface area contributed by atoms with E-state index in [0.717, 1.165) is 0 Å². The van der Waals surface area contributed by atoms with Crippen LogP contribution in [0.4, 0.5) is 0 Å². The standard InChI is InChI=1S/C5H4N2O2S/c8-5(9)3-1-6-2-7-4(3)10/h1-2H,(H,8,9)(H,6,7,10). The molecule has 0 aliphatic carbocycles. The first-order valence-corrected chi connectivity index (χ1v) is 2.88. The molecule has 2 N–H and O–H groups in total. The normalized spacial score (nSPS) is 9.20. The van der Waals surface area contributed by atoms with Gasteiger partial charge in [0.15, 0.2) is 0 Å². The van der Waals surface area contributed by atoms with Crippen molar-refractivity contribution >= 4 is 18.2 Å². The second kappa shape index (κ2) is 2.57. The monoisotopic (exact) mass is 156 g/mol. The highest BCUT2D eigenvalue weighted by molar-refractivity contribution is 7.71. The van der Waals surface area contributed by atoms with E-state index in [9.17, 15) is 4.79 Å². The molecule has 0 radical (unpaired) electrons. The molecular weight excluding hydrogens is 152 g/mol. The van der Waals surface area contributed by atoms with Crippen molar-refractivity contribution in [3.63, 3.8) is 0 Å². The summed E-state index contributed by atoms with van der Waals surface area (Å²) in [4.78, 5) is 16.4. The summed E-state index contributed by atoms with van der Waals surface area (Å²) in [6.45, 7) is 0. The van der Waals surface area contributed by atoms with Gasteiger partial charge in [-0.15, -0.1) is 0 Å². The van der Waals surface area contributed by atoms with Crippen molar-refractivity contribution in [3.05, 3.63) is 22.7 Å². The van der Waals surface area contributed by atoms with Gasteiger partial charge in [0.05, 0.1) is 6.33 Å². The molecule has 0 unspecified atom stereocenters. The highest BCUT2D eigenvalue weighted by atomic mass is 32.1.